The highest BCUT2D eigenvalue weighted by molar-refractivity contribution is 8.14. The Balaban J connectivity index is 1.40. The number of likely N-dealkylation sites (tertiary alicyclic amines) is 1. The second-order valence-electron chi connectivity index (χ2n) is 5.34. The zero-order valence-electron chi connectivity index (χ0n) is 12.0. The van der Waals surface area contributed by atoms with Crippen molar-refractivity contribution in [1.29, 1.82) is 0 Å². The third-order valence-electron chi connectivity index (χ3n) is 3.83. The molecule has 0 aromatic heterocycles. The number of urea groups is 1. The first kappa shape index (κ1) is 14.9. The molecule has 22 heavy (non-hydrogen) atoms. The van der Waals surface area contributed by atoms with Gasteiger partial charge in [0.05, 0.1) is 11.8 Å². The highest BCUT2D eigenvalue weighted by Gasteiger charge is 2.43. The zero-order valence-corrected chi connectivity index (χ0v) is 12.8. The molecule has 1 aromatic carbocycles. The number of nitrogens with zero attached hydrogens (tertiary/aromatic N) is 2. The first-order chi connectivity index (χ1) is 10.6. The molecule has 4 amide bonds. The maximum atomic E-state index is 12.0. The van der Waals surface area contributed by atoms with Crippen LogP contribution in [0, 0.1) is 0 Å². The molecule has 116 valence electrons. The van der Waals surface area contributed by atoms with E-state index in [2.05, 4.69) is 5.32 Å². The van der Waals surface area contributed by atoms with Crippen LogP contribution in [0.3, 0.4) is 0 Å². The van der Waals surface area contributed by atoms with Gasteiger partial charge in [-0.25, -0.2) is 4.79 Å². The van der Waals surface area contributed by atoms with Gasteiger partial charge in [-0.1, -0.05) is 42.1 Å². The van der Waals surface area contributed by atoms with E-state index in [-0.39, 0.29) is 29.0 Å². The van der Waals surface area contributed by atoms with Gasteiger partial charge in [0.2, 0.25) is 5.91 Å². The summed E-state index contributed by atoms with van der Waals surface area (Å²) in [5.74, 6) is 0.0719. The van der Waals surface area contributed by atoms with E-state index < -0.39 is 0 Å². The van der Waals surface area contributed by atoms with E-state index in [1.807, 2.05) is 30.3 Å². The molecule has 7 heteroatoms. The van der Waals surface area contributed by atoms with Crippen LogP contribution in [0.1, 0.15) is 5.56 Å². The van der Waals surface area contributed by atoms with Gasteiger partial charge in [-0.15, -0.1) is 0 Å². The number of nitrogens with one attached hydrogen (secondary N) is 1. The van der Waals surface area contributed by atoms with Gasteiger partial charge in [0.15, 0.2) is 0 Å². The molecule has 0 aliphatic carbocycles. The van der Waals surface area contributed by atoms with Gasteiger partial charge in [0.25, 0.3) is 5.24 Å². The van der Waals surface area contributed by atoms with Crippen molar-refractivity contribution in [3.8, 4) is 0 Å². The van der Waals surface area contributed by atoms with Crippen molar-refractivity contribution < 1.29 is 14.4 Å². The Morgan fingerprint density at radius 1 is 1.23 bits per heavy atom. The number of hydrogen-bond donors (Lipinski definition) is 1. The van der Waals surface area contributed by atoms with Crippen LogP contribution >= 0.6 is 11.8 Å². The molecule has 0 atom stereocenters. The Kier molecular flexibility index (Phi) is 4.33. The van der Waals surface area contributed by atoms with Crippen molar-refractivity contribution in [3.63, 3.8) is 0 Å². The maximum absolute atomic E-state index is 12.0. The summed E-state index contributed by atoms with van der Waals surface area (Å²) in [5.41, 5.74) is 1.18. The van der Waals surface area contributed by atoms with Crippen molar-refractivity contribution in [2.45, 2.75) is 12.5 Å². The molecule has 0 radical (unpaired) electrons. The van der Waals surface area contributed by atoms with Gasteiger partial charge >= 0.3 is 6.03 Å². The number of carbonyl (C=O) groups excluding carboxylic acids is 3. The fourth-order valence-corrected chi connectivity index (χ4v) is 3.35. The minimum Gasteiger partial charge on any atom is -0.338 e. The predicted octanol–water partition coefficient (Wildman–Crippen LogP) is 1.32. The van der Waals surface area contributed by atoms with Gasteiger partial charge < -0.3 is 10.2 Å². The predicted molar refractivity (Wildman–Crippen MR) is 83.6 cm³/mol. The number of carbonyl (C=O) groups is 3. The number of rotatable bonds is 4. The quantitative estimate of drug-likeness (QED) is 0.909. The molecule has 3 rings (SSSR count). The molecule has 0 spiro atoms. The van der Waals surface area contributed by atoms with Crippen molar-refractivity contribution >= 4 is 28.9 Å². The minimum atomic E-state index is -0.195. The van der Waals surface area contributed by atoms with Crippen LogP contribution in [0.25, 0.3) is 0 Å². The number of thioether (sulfide) groups is 1. The molecule has 1 aromatic rings. The van der Waals surface area contributed by atoms with Crippen LogP contribution in [-0.4, -0.2) is 58.4 Å². The van der Waals surface area contributed by atoms with E-state index in [9.17, 15) is 14.4 Å². The fourth-order valence-electron chi connectivity index (χ4n) is 2.57. The average Bonchev–Trinajstić information content (AvgIpc) is 2.79. The summed E-state index contributed by atoms with van der Waals surface area (Å²) in [4.78, 5) is 38.0. The Labute approximate surface area is 132 Å². The molecule has 2 aliphatic heterocycles. The van der Waals surface area contributed by atoms with E-state index in [1.54, 1.807) is 4.90 Å². The third-order valence-corrected chi connectivity index (χ3v) is 4.67. The van der Waals surface area contributed by atoms with Gasteiger partial charge in [-0.2, -0.15) is 0 Å². The highest BCUT2D eigenvalue weighted by atomic mass is 32.2. The van der Waals surface area contributed by atoms with Crippen molar-refractivity contribution in [3.05, 3.63) is 35.9 Å². The van der Waals surface area contributed by atoms with Crippen LogP contribution in [-0.2, 0) is 11.2 Å². The van der Waals surface area contributed by atoms with E-state index in [1.165, 1.54) is 10.5 Å². The van der Waals surface area contributed by atoms with Gasteiger partial charge in [0.1, 0.15) is 0 Å². The van der Waals surface area contributed by atoms with E-state index >= 15 is 0 Å². The van der Waals surface area contributed by atoms with Crippen LogP contribution in [0.15, 0.2) is 30.3 Å². The maximum Gasteiger partial charge on any atom is 0.317 e. The second-order valence-corrected chi connectivity index (χ2v) is 6.27. The number of amides is 4. The normalized spacial score (nSPS) is 18.5. The number of benzene rings is 1. The highest BCUT2D eigenvalue weighted by Crippen LogP contribution is 2.25. The summed E-state index contributed by atoms with van der Waals surface area (Å²) in [5, 5.41) is 2.66. The third kappa shape index (κ3) is 3.09. The fraction of sp³-hybridized carbons (Fsp3) is 0.400. The van der Waals surface area contributed by atoms with E-state index in [0.29, 0.717) is 19.6 Å². The summed E-state index contributed by atoms with van der Waals surface area (Å²) in [6, 6.07) is 9.65. The lowest BCUT2D eigenvalue weighted by atomic mass is 10.1. The molecular weight excluding hydrogens is 302 g/mol. The summed E-state index contributed by atoms with van der Waals surface area (Å²) < 4.78 is 0. The Morgan fingerprint density at radius 2 is 1.95 bits per heavy atom. The Morgan fingerprint density at radius 3 is 2.59 bits per heavy atom. The molecule has 0 saturated carbocycles. The monoisotopic (exact) mass is 319 g/mol. The van der Waals surface area contributed by atoms with Gasteiger partial charge in [-0.05, 0) is 12.0 Å². The lowest BCUT2D eigenvalue weighted by Crippen LogP contribution is -2.63. The van der Waals surface area contributed by atoms with E-state index in [0.717, 1.165) is 18.2 Å². The molecule has 6 nitrogen and oxygen atoms in total. The molecule has 0 bridgehead atoms. The Bertz CT molecular complexity index is 571. The molecule has 0 unspecified atom stereocenters. The molecule has 2 fully saturated rings. The summed E-state index contributed by atoms with van der Waals surface area (Å²) in [6.45, 7) is 1.42. The summed E-state index contributed by atoms with van der Waals surface area (Å²) >= 11 is 1.03. The molecule has 2 heterocycles. The molecule has 2 saturated heterocycles. The smallest absolute Gasteiger partial charge is 0.317 e. The largest absolute Gasteiger partial charge is 0.338 e. The first-order valence-electron chi connectivity index (χ1n) is 7.20. The second kappa shape index (κ2) is 6.39. The Hall–Kier alpha value is -2.02. The first-order valence-corrected chi connectivity index (χ1v) is 8.19. The van der Waals surface area contributed by atoms with Crippen molar-refractivity contribution in [2.75, 3.05) is 25.4 Å². The lowest BCUT2D eigenvalue weighted by Gasteiger charge is -2.42. The topological polar surface area (TPSA) is 69.7 Å². The average molecular weight is 319 g/mol. The zero-order chi connectivity index (χ0) is 15.5. The minimum absolute atomic E-state index is 0.140. The van der Waals surface area contributed by atoms with Crippen LogP contribution in [0.4, 0.5) is 9.59 Å². The number of imide groups is 1. The standard InChI is InChI=1S/C15H17N3O3S/c19-13-10-22-15(21)18(13)12-8-17(9-12)14(20)16-7-6-11-4-2-1-3-5-11/h1-5,12H,6-10H2,(H,16,20). The number of hydrogen-bond acceptors (Lipinski definition) is 4. The summed E-state index contributed by atoms with van der Waals surface area (Å²) in [7, 11) is 0. The molecule has 1 N–H and O–H groups in total. The summed E-state index contributed by atoms with van der Waals surface area (Å²) in [6.07, 6.45) is 0.781. The van der Waals surface area contributed by atoms with Gasteiger partial charge in [0, 0.05) is 19.6 Å². The van der Waals surface area contributed by atoms with Crippen molar-refractivity contribution in [1.82, 2.24) is 15.1 Å². The SMILES string of the molecule is O=C(NCCc1ccccc1)N1CC(N2C(=O)CSC2=O)C1. The van der Waals surface area contributed by atoms with Gasteiger partial charge in [-0.3, -0.25) is 14.5 Å². The van der Waals surface area contributed by atoms with Crippen LogP contribution in [0.5, 0.6) is 0 Å². The molecule has 2 aliphatic rings. The molecular formula is C15H17N3O3S. The van der Waals surface area contributed by atoms with Crippen LogP contribution < -0.4 is 5.32 Å². The van der Waals surface area contributed by atoms with E-state index in [4.69, 9.17) is 0 Å². The van der Waals surface area contributed by atoms with Crippen LogP contribution in [0.2, 0.25) is 0 Å². The van der Waals surface area contributed by atoms with Crippen molar-refractivity contribution in [2.24, 2.45) is 0 Å². The lowest BCUT2D eigenvalue weighted by molar-refractivity contribution is -0.128.